The van der Waals surface area contributed by atoms with Gasteiger partial charge in [-0.25, -0.2) is 9.59 Å². The predicted molar refractivity (Wildman–Crippen MR) is 140 cm³/mol. The number of nitrogens with zero attached hydrogens (tertiary/aromatic N) is 1. The highest BCUT2D eigenvalue weighted by Gasteiger charge is 2.52. The van der Waals surface area contributed by atoms with Crippen molar-refractivity contribution >= 4 is 23.5 Å². The van der Waals surface area contributed by atoms with Gasteiger partial charge in [0.2, 0.25) is 0 Å². The third-order valence-electron chi connectivity index (χ3n) is 7.29. The minimum absolute atomic E-state index is 0.0460. The van der Waals surface area contributed by atoms with E-state index in [4.69, 9.17) is 17.3 Å². The molecule has 0 radical (unpaired) electrons. The summed E-state index contributed by atoms with van der Waals surface area (Å²) in [4.78, 5) is 27.7. The Labute approximate surface area is 212 Å². The number of likely N-dealkylation sites (tertiary alicyclic amines) is 1. The van der Waals surface area contributed by atoms with Crippen LogP contribution in [0.2, 0.25) is 5.02 Å². The maximum Gasteiger partial charge on any atom is 0.424 e. The van der Waals surface area contributed by atoms with E-state index < -0.39 is 0 Å². The number of nitrogens with two attached hydrogens (primary N) is 1. The standard InChI is InChI=1S/C29H32ClN3O2/c1-21-9-8-16-33(21,29(35)32-20-25-17-26(30)15-14-24(25)19-31)28(34)18-27(22-10-4-2-5-11-22)23-12-6-3-7-13-23/h2-7,10-15,17,21,27H,8-9,16,18-20,31H2,1H3/p+1/t21-,33?/m1/s1. The molecule has 1 unspecified atom stereocenters. The summed E-state index contributed by atoms with van der Waals surface area (Å²) in [7, 11) is 0. The summed E-state index contributed by atoms with van der Waals surface area (Å²) in [6.07, 6.45) is 1.94. The van der Waals surface area contributed by atoms with Gasteiger partial charge in [0.1, 0.15) is 6.04 Å². The Balaban J connectivity index is 1.60. The van der Waals surface area contributed by atoms with Crippen LogP contribution in [0.5, 0.6) is 0 Å². The zero-order valence-corrected chi connectivity index (χ0v) is 20.9. The molecule has 1 heterocycles. The number of carbonyl (C=O) groups is 2. The normalized spacial score (nSPS) is 19.6. The highest BCUT2D eigenvalue weighted by Crippen LogP contribution is 2.34. The van der Waals surface area contributed by atoms with Gasteiger partial charge < -0.3 is 11.1 Å². The summed E-state index contributed by atoms with van der Waals surface area (Å²) < 4.78 is -0.172. The lowest BCUT2D eigenvalue weighted by atomic mass is 9.87. The average molecular weight is 491 g/mol. The van der Waals surface area contributed by atoms with Crippen LogP contribution in [0.4, 0.5) is 4.79 Å². The molecular weight excluding hydrogens is 458 g/mol. The minimum atomic E-state index is -0.247. The van der Waals surface area contributed by atoms with Crippen molar-refractivity contribution in [2.45, 2.75) is 51.2 Å². The van der Waals surface area contributed by atoms with Gasteiger partial charge in [-0.2, -0.15) is 4.48 Å². The molecule has 3 amide bonds. The van der Waals surface area contributed by atoms with E-state index in [1.54, 1.807) is 6.07 Å². The van der Waals surface area contributed by atoms with E-state index in [1.807, 2.05) is 55.5 Å². The minimum Gasteiger partial charge on any atom is -0.326 e. The molecule has 35 heavy (non-hydrogen) atoms. The smallest absolute Gasteiger partial charge is 0.326 e. The molecule has 3 aromatic rings. The first-order valence-electron chi connectivity index (χ1n) is 12.2. The molecule has 0 saturated carbocycles. The molecule has 2 atom stereocenters. The van der Waals surface area contributed by atoms with Crippen LogP contribution in [0.25, 0.3) is 0 Å². The number of nitrogens with one attached hydrogen (secondary N) is 1. The molecule has 1 aliphatic rings. The number of halogens is 1. The van der Waals surface area contributed by atoms with Crippen molar-refractivity contribution in [2.24, 2.45) is 5.73 Å². The Bertz CT molecular complexity index is 1130. The summed E-state index contributed by atoms with van der Waals surface area (Å²) in [5.41, 5.74) is 9.82. The van der Waals surface area contributed by atoms with Crippen LogP contribution in [-0.2, 0) is 17.9 Å². The second-order valence-corrected chi connectivity index (χ2v) is 9.77. The molecule has 0 aromatic heterocycles. The van der Waals surface area contributed by atoms with Gasteiger partial charge in [-0.1, -0.05) is 78.3 Å². The quantitative estimate of drug-likeness (QED) is 0.414. The molecule has 3 N–H and O–H groups in total. The number of hydrogen-bond acceptors (Lipinski definition) is 3. The van der Waals surface area contributed by atoms with E-state index in [1.165, 1.54) is 0 Å². The number of imide groups is 1. The molecular formula is C29H33ClN3O2+. The zero-order chi connectivity index (χ0) is 24.8. The van der Waals surface area contributed by atoms with E-state index >= 15 is 0 Å². The molecule has 4 rings (SSSR count). The van der Waals surface area contributed by atoms with Crippen LogP contribution in [0, 0.1) is 0 Å². The van der Waals surface area contributed by atoms with Crippen molar-refractivity contribution < 1.29 is 14.1 Å². The van der Waals surface area contributed by atoms with Gasteiger partial charge >= 0.3 is 11.9 Å². The van der Waals surface area contributed by atoms with Crippen LogP contribution >= 0.6 is 11.6 Å². The Kier molecular flexibility index (Phi) is 8.01. The van der Waals surface area contributed by atoms with Crippen molar-refractivity contribution in [3.8, 4) is 0 Å². The van der Waals surface area contributed by atoms with Crippen LogP contribution in [0.3, 0.4) is 0 Å². The zero-order valence-electron chi connectivity index (χ0n) is 20.1. The summed E-state index contributed by atoms with van der Waals surface area (Å²) in [5.74, 6) is -0.160. The molecule has 182 valence electrons. The number of quaternary nitrogens is 1. The maximum atomic E-state index is 14.0. The van der Waals surface area contributed by atoms with Crippen LogP contribution in [0.1, 0.15) is 54.4 Å². The molecule has 0 spiro atoms. The van der Waals surface area contributed by atoms with Gasteiger partial charge in [0, 0.05) is 36.9 Å². The summed E-state index contributed by atoms with van der Waals surface area (Å²) in [6.45, 7) is 3.16. The van der Waals surface area contributed by atoms with Crippen molar-refractivity contribution in [1.29, 1.82) is 0 Å². The van der Waals surface area contributed by atoms with Crippen LogP contribution < -0.4 is 11.1 Å². The Hall–Kier alpha value is -2.99. The summed E-state index contributed by atoms with van der Waals surface area (Å²) in [5, 5.41) is 3.64. The molecule has 1 fully saturated rings. The molecule has 6 heteroatoms. The Morgan fingerprint density at radius 2 is 1.63 bits per heavy atom. The van der Waals surface area contributed by atoms with Gasteiger partial charge in [0.05, 0.1) is 13.0 Å². The molecule has 1 saturated heterocycles. The van der Waals surface area contributed by atoms with Crippen molar-refractivity contribution in [3.05, 3.63) is 106 Å². The van der Waals surface area contributed by atoms with E-state index in [9.17, 15) is 9.59 Å². The monoisotopic (exact) mass is 490 g/mol. The van der Waals surface area contributed by atoms with Gasteiger partial charge in [-0.3, -0.25) is 0 Å². The Morgan fingerprint density at radius 3 is 2.17 bits per heavy atom. The van der Waals surface area contributed by atoms with Crippen LogP contribution in [0.15, 0.2) is 78.9 Å². The second-order valence-electron chi connectivity index (χ2n) is 9.33. The number of rotatable bonds is 7. The van der Waals surface area contributed by atoms with E-state index in [-0.39, 0.29) is 41.3 Å². The topological polar surface area (TPSA) is 72.2 Å². The molecule has 0 bridgehead atoms. The maximum absolute atomic E-state index is 14.0. The van der Waals surface area contributed by atoms with Crippen LogP contribution in [-0.4, -0.2) is 29.0 Å². The van der Waals surface area contributed by atoms with Crippen molar-refractivity contribution in [3.63, 3.8) is 0 Å². The molecule has 1 aliphatic heterocycles. The highest BCUT2D eigenvalue weighted by molar-refractivity contribution is 6.30. The SMILES string of the molecule is C[C@@H]1CCC[N+]1(C(=O)CC(c1ccccc1)c1ccccc1)C(=O)NCc1cc(Cl)ccc1CN. The average Bonchev–Trinajstić information content (AvgIpc) is 3.29. The largest absolute Gasteiger partial charge is 0.424 e. The number of urea groups is 1. The lowest BCUT2D eigenvalue weighted by Gasteiger charge is -2.34. The first-order chi connectivity index (χ1) is 17.0. The fraction of sp³-hybridized carbons (Fsp3) is 0.310. The number of benzene rings is 3. The first kappa shape index (κ1) is 25.1. The number of hydrogen-bond donors (Lipinski definition) is 2. The van der Waals surface area contributed by atoms with E-state index in [2.05, 4.69) is 29.6 Å². The summed E-state index contributed by atoms with van der Waals surface area (Å²) in [6, 6.07) is 25.3. The highest BCUT2D eigenvalue weighted by atomic mass is 35.5. The molecule has 3 aromatic carbocycles. The Morgan fingerprint density at radius 1 is 1.00 bits per heavy atom. The lowest BCUT2D eigenvalue weighted by Crippen LogP contribution is -2.62. The van der Waals surface area contributed by atoms with Gasteiger partial charge in [0.25, 0.3) is 0 Å². The van der Waals surface area contributed by atoms with Gasteiger partial charge in [0.15, 0.2) is 0 Å². The predicted octanol–water partition coefficient (Wildman–Crippen LogP) is 5.76. The fourth-order valence-electron chi connectivity index (χ4n) is 5.27. The van der Waals surface area contributed by atoms with E-state index in [0.717, 1.165) is 35.1 Å². The number of amides is 3. The van der Waals surface area contributed by atoms with Crippen molar-refractivity contribution in [2.75, 3.05) is 6.54 Å². The van der Waals surface area contributed by atoms with Gasteiger partial charge in [-0.15, -0.1) is 0 Å². The third kappa shape index (κ3) is 5.32. The third-order valence-corrected chi connectivity index (χ3v) is 7.53. The molecule has 0 aliphatic carbocycles. The fourth-order valence-corrected chi connectivity index (χ4v) is 5.46. The summed E-state index contributed by atoms with van der Waals surface area (Å²) >= 11 is 6.18. The second kappa shape index (κ2) is 11.2. The van der Waals surface area contributed by atoms with E-state index in [0.29, 0.717) is 18.1 Å². The first-order valence-corrected chi connectivity index (χ1v) is 12.6. The van der Waals surface area contributed by atoms with Gasteiger partial charge in [-0.05, 0) is 41.3 Å². The number of carbonyl (C=O) groups excluding carboxylic acids is 2. The molecule has 5 nitrogen and oxygen atoms in total. The van der Waals surface area contributed by atoms with Crippen molar-refractivity contribution in [1.82, 2.24) is 5.32 Å². The lowest BCUT2D eigenvalue weighted by molar-refractivity contribution is -0.785.